The van der Waals surface area contributed by atoms with Gasteiger partial charge in [0.15, 0.2) is 5.82 Å². The lowest BCUT2D eigenvalue weighted by Crippen LogP contribution is -2.44. The quantitative estimate of drug-likeness (QED) is 0.700. The molecule has 0 bridgehead atoms. The molecule has 144 valence electrons. The summed E-state index contributed by atoms with van der Waals surface area (Å²) in [6.45, 7) is 0. The first kappa shape index (κ1) is 18.1. The number of ether oxygens (including phenoxy) is 1. The minimum Gasteiger partial charge on any atom is -0.497 e. The average molecular weight is 382 g/mol. The van der Waals surface area contributed by atoms with Crippen molar-refractivity contribution in [3.8, 4) is 17.2 Å². The van der Waals surface area contributed by atoms with Gasteiger partial charge >= 0.3 is 0 Å². The lowest BCUT2D eigenvalue weighted by molar-refractivity contribution is 0.102. The highest BCUT2D eigenvalue weighted by atomic mass is 19.1. The highest BCUT2D eigenvalue weighted by Gasteiger charge is 2.39. The van der Waals surface area contributed by atoms with Gasteiger partial charge in [-0.3, -0.25) is 4.79 Å². The molecule has 0 atom stereocenters. The molecule has 7 nitrogen and oxygen atoms in total. The number of aromatic nitrogens is 2. The summed E-state index contributed by atoms with van der Waals surface area (Å²) in [5.41, 5.74) is 6.71. The zero-order valence-electron chi connectivity index (χ0n) is 15.2. The van der Waals surface area contributed by atoms with E-state index in [9.17, 15) is 9.18 Å². The van der Waals surface area contributed by atoms with Crippen molar-refractivity contribution in [2.45, 2.75) is 24.8 Å². The van der Waals surface area contributed by atoms with Crippen LogP contribution in [0.1, 0.15) is 35.4 Å². The molecule has 1 aromatic heterocycles. The summed E-state index contributed by atoms with van der Waals surface area (Å²) in [6.07, 6.45) is 2.59. The number of nitrogens with two attached hydrogens (primary N) is 1. The molecule has 0 saturated heterocycles. The Bertz CT molecular complexity index is 1010. The summed E-state index contributed by atoms with van der Waals surface area (Å²) in [5.74, 6) is 0.335. The second-order valence-electron chi connectivity index (χ2n) is 6.81. The number of halogens is 1. The smallest absolute Gasteiger partial charge is 0.260 e. The number of rotatable bonds is 5. The fraction of sp³-hybridized carbons (Fsp3) is 0.250. The van der Waals surface area contributed by atoms with Crippen molar-refractivity contribution < 1.29 is 18.4 Å². The summed E-state index contributed by atoms with van der Waals surface area (Å²) >= 11 is 0. The van der Waals surface area contributed by atoms with Gasteiger partial charge in [-0.2, -0.15) is 4.98 Å². The van der Waals surface area contributed by atoms with E-state index in [-0.39, 0.29) is 11.6 Å². The minimum atomic E-state index is -0.575. The molecule has 0 spiro atoms. The largest absolute Gasteiger partial charge is 0.497 e. The van der Waals surface area contributed by atoms with E-state index in [1.165, 1.54) is 18.2 Å². The van der Waals surface area contributed by atoms with Crippen molar-refractivity contribution in [2.75, 3.05) is 12.4 Å². The lowest BCUT2D eigenvalue weighted by Gasteiger charge is -2.34. The fourth-order valence-electron chi connectivity index (χ4n) is 3.06. The van der Waals surface area contributed by atoms with Gasteiger partial charge < -0.3 is 20.3 Å². The molecule has 3 N–H and O–H groups in total. The zero-order chi connectivity index (χ0) is 19.7. The molecule has 0 unspecified atom stereocenters. The Hall–Kier alpha value is -3.26. The molecule has 1 aliphatic rings. The Labute approximate surface area is 160 Å². The first-order valence-electron chi connectivity index (χ1n) is 8.87. The van der Waals surface area contributed by atoms with Gasteiger partial charge in [-0.25, -0.2) is 4.39 Å². The summed E-state index contributed by atoms with van der Waals surface area (Å²) in [4.78, 5) is 16.9. The van der Waals surface area contributed by atoms with Gasteiger partial charge in [0.25, 0.3) is 11.8 Å². The Morgan fingerprint density at radius 3 is 2.64 bits per heavy atom. The molecule has 2 aromatic carbocycles. The van der Waals surface area contributed by atoms with Gasteiger partial charge in [-0.05, 0) is 61.7 Å². The van der Waals surface area contributed by atoms with Crippen LogP contribution in [0.25, 0.3) is 11.5 Å². The molecule has 0 radical (unpaired) electrons. The Morgan fingerprint density at radius 1 is 1.25 bits per heavy atom. The Kier molecular flexibility index (Phi) is 4.56. The van der Waals surface area contributed by atoms with Crippen LogP contribution in [0.3, 0.4) is 0 Å². The van der Waals surface area contributed by atoms with Crippen LogP contribution in [0.15, 0.2) is 47.0 Å². The number of amides is 1. The van der Waals surface area contributed by atoms with Gasteiger partial charge in [0.1, 0.15) is 11.6 Å². The predicted octanol–water partition coefficient (Wildman–Crippen LogP) is 3.47. The van der Waals surface area contributed by atoms with Crippen LogP contribution in [0.2, 0.25) is 0 Å². The molecule has 3 aromatic rings. The van der Waals surface area contributed by atoms with Gasteiger partial charge in [-0.15, -0.1) is 0 Å². The SMILES string of the molecule is COc1ccc(C(=O)Nc2cc(F)ccc2-c2nc(C3(N)CCC3)no2)cc1. The van der Waals surface area contributed by atoms with E-state index in [1.807, 2.05) is 0 Å². The van der Waals surface area contributed by atoms with Gasteiger partial charge in [0.05, 0.1) is 23.9 Å². The normalized spacial score (nSPS) is 15.0. The lowest BCUT2D eigenvalue weighted by atomic mass is 9.77. The Morgan fingerprint density at radius 2 is 2.00 bits per heavy atom. The van der Waals surface area contributed by atoms with E-state index in [0.717, 1.165) is 19.3 Å². The number of hydrogen-bond donors (Lipinski definition) is 2. The number of nitrogens with one attached hydrogen (secondary N) is 1. The number of methoxy groups -OCH3 is 1. The molecule has 8 heteroatoms. The van der Waals surface area contributed by atoms with Crippen molar-refractivity contribution in [2.24, 2.45) is 5.73 Å². The third-order valence-corrected chi connectivity index (χ3v) is 4.93. The summed E-state index contributed by atoms with van der Waals surface area (Å²) < 4.78 is 24.2. The maximum absolute atomic E-state index is 13.8. The number of carbonyl (C=O) groups excluding carboxylic acids is 1. The molecular formula is C20H19FN4O3. The number of hydrogen-bond acceptors (Lipinski definition) is 6. The summed E-state index contributed by atoms with van der Waals surface area (Å²) in [5, 5.41) is 6.68. The van der Waals surface area contributed by atoms with E-state index in [1.54, 1.807) is 31.4 Å². The van der Waals surface area contributed by atoms with Crippen molar-refractivity contribution >= 4 is 11.6 Å². The highest BCUT2D eigenvalue weighted by molar-refractivity contribution is 6.06. The standard InChI is InChI=1S/C20H19FN4O3/c1-27-14-6-3-12(4-7-14)17(26)23-16-11-13(21)5-8-15(16)18-24-19(25-28-18)20(22)9-2-10-20/h3-8,11H,2,9-10,22H2,1H3,(H,23,26). The maximum atomic E-state index is 13.8. The topological polar surface area (TPSA) is 103 Å². The van der Waals surface area contributed by atoms with E-state index in [4.69, 9.17) is 15.0 Å². The van der Waals surface area contributed by atoms with Gasteiger partial charge in [-0.1, -0.05) is 5.16 Å². The number of nitrogens with zero attached hydrogens (tertiary/aromatic N) is 2. The van der Waals surface area contributed by atoms with Crippen LogP contribution < -0.4 is 15.8 Å². The first-order valence-corrected chi connectivity index (χ1v) is 8.87. The van der Waals surface area contributed by atoms with Crippen LogP contribution in [-0.4, -0.2) is 23.2 Å². The third kappa shape index (κ3) is 3.34. The van der Waals surface area contributed by atoms with E-state index >= 15 is 0 Å². The molecule has 1 saturated carbocycles. The predicted molar refractivity (Wildman–Crippen MR) is 100 cm³/mol. The van der Waals surface area contributed by atoms with E-state index in [0.29, 0.717) is 22.7 Å². The van der Waals surface area contributed by atoms with Crippen LogP contribution in [0.4, 0.5) is 10.1 Å². The number of carbonyl (C=O) groups is 1. The second kappa shape index (κ2) is 7.05. The van der Waals surface area contributed by atoms with Gasteiger partial charge in [0, 0.05) is 5.56 Å². The summed E-state index contributed by atoms with van der Waals surface area (Å²) in [7, 11) is 1.54. The van der Waals surface area contributed by atoms with Crippen molar-refractivity contribution in [3.63, 3.8) is 0 Å². The van der Waals surface area contributed by atoms with E-state index < -0.39 is 17.3 Å². The molecule has 28 heavy (non-hydrogen) atoms. The van der Waals surface area contributed by atoms with Crippen LogP contribution in [0.5, 0.6) is 5.75 Å². The minimum absolute atomic E-state index is 0.178. The molecule has 1 amide bonds. The molecule has 0 aliphatic heterocycles. The molecule has 1 heterocycles. The average Bonchev–Trinajstić information content (AvgIpc) is 3.16. The van der Waals surface area contributed by atoms with Gasteiger partial charge in [0.2, 0.25) is 0 Å². The third-order valence-electron chi connectivity index (χ3n) is 4.93. The maximum Gasteiger partial charge on any atom is 0.260 e. The molecular weight excluding hydrogens is 363 g/mol. The van der Waals surface area contributed by atoms with Crippen LogP contribution in [-0.2, 0) is 5.54 Å². The molecule has 1 aliphatic carbocycles. The van der Waals surface area contributed by atoms with Crippen LogP contribution in [0, 0.1) is 5.82 Å². The fourth-order valence-corrected chi connectivity index (χ4v) is 3.06. The molecule has 4 rings (SSSR count). The summed E-state index contributed by atoms with van der Waals surface area (Å²) in [6, 6.07) is 10.5. The number of benzene rings is 2. The highest BCUT2D eigenvalue weighted by Crippen LogP contribution is 2.38. The van der Waals surface area contributed by atoms with Crippen molar-refractivity contribution in [1.29, 1.82) is 0 Å². The zero-order valence-corrected chi connectivity index (χ0v) is 15.2. The second-order valence-corrected chi connectivity index (χ2v) is 6.81. The monoisotopic (exact) mass is 382 g/mol. The Balaban J connectivity index is 1.62. The van der Waals surface area contributed by atoms with Crippen molar-refractivity contribution in [1.82, 2.24) is 10.1 Å². The first-order chi connectivity index (χ1) is 13.5. The number of anilines is 1. The van der Waals surface area contributed by atoms with E-state index in [2.05, 4.69) is 15.5 Å². The molecule has 1 fully saturated rings. The van der Waals surface area contributed by atoms with Crippen LogP contribution >= 0.6 is 0 Å². The van der Waals surface area contributed by atoms with Crippen molar-refractivity contribution in [3.05, 3.63) is 59.7 Å².